The summed E-state index contributed by atoms with van der Waals surface area (Å²) in [5.41, 5.74) is 5.52. The molecule has 1 saturated heterocycles. The highest BCUT2D eigenvalue weighted by atomic mass is 28.4. The number of carbonyl (C=O) groups excluding carboxylic acids is 1. The van der Waals surface area contributed by atoms with Crippen LogP contribution in [0.2, 0.25) is 5.04 Å². The van der Waals surface area contributed by atoms with Gasteiger partial charge in [-0.1, -0.05) is 81.4 Å². The molecule has 1 aliphatic rings. The van der Waals surface area contributed by atoms with Gasteiger partial charge in [0, 0.05) is 13.0 Å². The lowest BCUT2D eigenvalue weighted by atomic mass is 10.2. The summed E-state index contributed by atoms with van der Waals surface area (Å²) in [4.78, 5) is 13.3. The molecular weight excluding hydrogens is 328 g/mol. The number of benzene rings is 2. The van der Waals surface area contributed by atoms with Crippen LogP contribution in [-0.4, -0.2) is 32.0 Å². The van der Waals surface area contributed by atoms with Gasteiger partial charge in [0.2, 0.25) is 0 Å². The number of carbonyl (C=O) groups is 1. The van der Waals surface area contributed by atoms with Gasteiger partial charge >= 0.3 is 6.03 Å². The summed E-state index contributed by atoms with van der Waals surface area (Å²) >= 11 is 0. The highest BCUT2D eigenvalue weighted by Crippen LogP contribution is 2.39. The first-order chi connectivity index (χ1) is 11.9. The van der Waals surface area contributed by atoms with Crippen LogP contribution in [0.3, 0.4) is 0 Å². The molecule has 0 bridgehead atoms. The van der Waals surface area contributed by atoms with E-state index in [1.165, 1.54) is 10.4 Å². The van der Waals surface area contributed by atoms with Crippen LogP contribution in [0.15, 0.2) is 60.7 Å². The molecule has 1 fully saturated rings. The van der Waals surface area contributed by atoms with E-state index in [-0.39, 0.29) is 11.3 Å². The molecule has 5 heteroatoms. The molecule has 0 aromatic heterocycles. The van der Waals surface area contributed by atoms with Crippen LogP contribution >= 0.6 is 0 Å². The van der Waals surface area contributed by atoms with Gasteiger partial charge in [-0.2, -0.15) is 0 Å². The smallest absolute Gasteiger partial charge is 0.316 e. The molecule has 1 heterocycles. The van der Waals surface area contributed by atoms with Gasteiger partial charge in [0.25, 0.3) is 8.32 Å². The zero-order valence-corrected chi connectivity index (χ0v) is 16.1. The third-order valence-corrected chi connectivity index (χ3v) is 10.0. The van der Waals surface area contributed by atoms with Crippen LogP contribution in [0.4, 0.5) is 4.79 Å². The Morgan fingerprint density at radius 1 is 1.04 bits per heavy atom. The van der Waals surface area contributed by atoms with Crippen molar-refractivity contribution in [1.82, 2.24) is 4.90 Å². The first-order valence-electron chi connectivity index (χ1n) is 8.71. The van der Waals surface area contributed by atoms with E-state index < -0.39 is 14.3 Å². The predicted molar refractivity (Wildman–Crippen MR) is 103 cm³/mol. The molecular formula is C20H26N2O2Si. The lowest BCUT2D eigenvalue weighted by molar-refractivity contribution is -0.0258. The van der Waals surface area contributed by atoms with Crippen LogP contribution in [0.25, 0.3) is 0 Å². The second-order valence-electron chi connectivity index (χ2n) is 7.56. The van der Waals surface area contributed by atoms with Gasteiger partial charge in [-0.05, 0) is 15.4 Å². The molecule has 25 heavy (non-hydrogen) atoms. The number of urea groups is 1. The summed E-state index contributed by atoms with van der Waals surface area (Å²) in [6.07, 6.45) is 0.580. The lowest BCUT2D eigenvalue weighted by Crippen LogP contribution is -2.71. The van der Waals surface area contributed by atoms with Crippen LogP contribution in [0, 0.1) is 0 Å². The molecule has 0 radical (unpaired) electrons. The first kappa shape index (κ1) is 17.7. The molecule has 2 N–H and O–H groups in total. The molecule has 1 aliphatic heterocycles. The van der Waals surface area contributed by atoms with E-state index in [1.54, 1.807) is 4.90 Å². The van der Waals surface area contributed by atoms with Crippen molar-refractivity contribution in [3.63, 3.8) is 0 Å². The molecule has 0 saturated carbocycles. The topological polar surface area (TPSA) is 55.6 Å². The average molecular weight is 355 g/mol. The third-order valence-electron chi connectivity index (χ3n) is 4.98. The minimum Gasteiger partial charge on any atom is -0.387 e. The molecule has 2 aromatic rings. The maximum absolute atomic E-state index is 11.7. The van der Waals surface area contributed by atoms with E-state index in [4.69, 9.17) is 10.2 Å². The summed E-state index contributed by atoms with van der Waals surface area (Å²) in [5, 5.41) is 2.32. The monoisotopic (exact) mass is 354 g/mol. The van der Waals surface area contributed by atoms with Crippen molar-refractivity contribution in [3.05, 3.63) is 60.7 Å². The van der Waals surface area contributed by atoms with Gasteiger partial charge < -0.3 is 10.2 Å². The van der Waals surface area contributed by atoms with Crippen LogP contribution in [-0.2, 0) is 4.43 Å². The summed E-state index contributed by atoms with van der Waals surface area (Å²) in [7, 11) is -2.62. The second kappa shape index (κ2) is 6.65. The van der Waals surface area contributed by atoms with Crippen LogP contribution < -0.4 is 16.1 Å². The number of hydrogen-bond acceptors (Lipinski definition) is 2. The molecule has 1 atom stereocenters. The van der Waals surface area contributed by atoms with Crippen molar-refractivity contribution < 1.29 is 9.22 Å². The summed E-state index contributed by atoms with van der Waals surface area (Å²) in [6.45, 7) is 7.35. The van der Waals surface area contributed by atoms with Gasteiger partial charge in [-0.3, -0.25) is 4.90 Å². The number of hydrogen-bond donors (Lipinski definition) is 1. The minimum atomic E-state index is -2.62. The quantitative estimate of drug-likeness (QED) is 0.858. The maximum Gasteiger partial charge on any atom is 0.316 e. The van der Waals surface area contributed by atoms with E-state index in [1.807, 2.05) is 12.1 Å². The van der Waals surface area contributed by atoms with Gasteiger partial charge in [0.1, 0.15) is 6.23 Å². The highest BCUT2D eigenvalue weighted by Gasteiger charge is 2.53. The standard InChI is InChI=1S/C20H26N2O2Si/c1-20(2,3)25(16-10-6-4-7-11-16,17-12-8-5-9-13-17)24-18-14-15-22(18)19(21)23/h4-13,18H,14-15H2,1-3H3,(H2,21,23). The van der Waals surface area contributed by atoms with Gasteiger partial charge in [0.05, 0.1) is 0 Å². The SMILES string of the molecule is CC(C)(C)[Si](OC1CCN1C(N)=O)(c1ccccc1)c1ccccc1. The average Bonchev–Trinajstić information content (AvgIpc) is 2.54. The van der Waals surface area contributed by atoms with E-state index in [9.17, 15) is 4.79 Å². The largest absolute Gasteiger partial charge is 0.387 e. The first-order valence-corrected chi connectivity index (χ1v) is 10.6. The minimum absolute atomic E-state index is 0.103. The van der Waals surface area contributed by atoms with Gasteiger partial charge in [-0.15, -0.1) is 0 Å². The fraction of sp³-hybridized carbons (Fsp3) is 0.350. The second-order valence-corrected chi connectivity index (χ2v) is 11.8. The number of nitrogens with zero attached hydrogens (tertiary/aromatic N) is 1. The Labute approximate surface area is 150 Å². The maximum atomic E-state index is 11.7. The van der Waals surface area contributed by atoms with Crippen molar-refractivity contribution >= 4 is 24.7 Å². The number of rotatable bonds is 4. The van der Waals surface area contributed by atoms with Gasteiger partial charge in [0.15, 0.2) is 0 Å². The molecule has 132 valence electrons. The third kappa shape index (κ3) is 3.09. The Morgan fingerprint density at radius 3 is 1.84 bits per heavy atom. The Morgan fingerprint density at radius 2 is 1.52 bits per heavy atom. The van der Waals surface area contributed by atoms with E-state index in [0.29, 0.717) is 6.54 Å². The van der Waals surface area contributed by atoms with E-state index in [2.05, 4.69) is 69.3 Å². The van der Waals surface area contributed by atoms with Crippen LogP contribution in [0.5, 0.6) is 0 Å². The highest BCUT2D eigenvalue weighted by molar-refractivity contribution is 6.99. The molecule has 2 amide bonds. The number of nitrogens with two attached hydrogens (primary N) is 1. The molecule has 3 rings (SSSR count). The zero-order valence-electron chi connectivity index (χ0n) is 15.1. The van der Waals surface area contributed by atoms with Crippen molar-refractivity contribution in [1.29, 1.82) is 0 Å². The Kier molecular flexibility index (Phi) is 4.71. The van der Waals surface area contributed by atoms with Crippen LogP contribution in [0.1, 0.15) is 27.2 Å². The fourth-order valence-electron chi connectivity index (χ4n) is 3.63. The van der Waals surface area contributed by atoms with Crippen molar-refractivity contribution in [2.24, 2.45) is 5.73 Å². The molecule has 0 aliphatic carbocycles. The van der Waals surface area contributed by atoms with Crippen molar-refractivity contribution in [3.8, 4) is 0 Å². The van der Waals surface area contributed by atoms with Crippen molar-refractivity contribution in [2.75, 3.05) is 6.54 Å². The zero-order chi connectivity index (χ0) is 18.1. The van der Waals surface area contributed by atoms with E-state index in [0.717, 1.165) is 6.42 Å². The van der Waals surface area contributed by atoms with Crippen molar-refractivity contribution in [2.45, 2.75) is 38.5 Å². The number of likely N-dealkylation sites (tertiary alicyclic amines) is 1. The summed E-state index contributed by atoms with van der Waals surface area (Å²) < 4.78 is 6.85. The Hall–Kier alpha value is -2.11. The predicted octanol–water partition coefficient (Wildman–Crippen LogP) is 2.67. The molecule has 1 unspecified atom stereocenters. The van der Waals surface area contributed by atoms with E-state index >= 15 is 0 Å². The molecule has 4 nitrogen and oxygen atoms in total. The Bertz CT molecular complexity index is 689. The lowest BCUT2D eigenvalue weighted by Gasteiger charge is -2.50. The number of primary amides is 1. The molecule has 0 spiro atoms. The molecule has 2 aromatic carbocycles. The Balaban J connectivity index is 2.14. The normalized spacial score (nSPS) is 17.9. The fourth-order valence-corrected chi connectivity index (χ4v) is 8.30. The van der Waals surface area contributed by atoms with Gasteiger partial charge in [-0.25, -0.2) is 4.79 Å². The summed E-state index contributed by atoms with van der Waals surface area (Å²) in [5.74, 6) is 0. The summed E-state index contributed by atoms with van der Waals surface area (Å²) in [6, 6.07) is 20.5. The number of amides is 2.